The number of carbonyl (C=O) groups is 1. The van der Waals surface area contributed by atoms with Crippen molar-refractivity contribution in [2.75, 3.05) is 6.61 Å². The summed E-state index contributed by atoms with van der Waals surface area (Å²) in [4.78, 5) is 11.6. The largest absolute Gasteiger partial charge is 0.462 e. The van der Waals surface area contributed by atoms with Crippen LogP contribution in [0.2, 0.25) is 0 Å². The molecule has 0 unspecified atom stereocenters. The number of carbonyl (C=O) groups excluding carboxylic acids is 1. The van der Waals surface area contributed by atoms with E-state index in [-0.39, 0.29) is 24.6 Å². The molecule has 0 amide bonds. The van der Waals surface area contributed by atoms with Gasteiger partial charge in [-0.15, -0.1) is 0 Å². The molecule has 2 aliphatic rings. The van der Waals surface area contributed by atoms with Crippen molar-refractivity contribution in [2.24, 2.45) is 0 Å². The van der Waals surface area contributed by atoms with Crippen LogP contribution in [0.1, 0.15) is 41.2 Å². The van der Waals surface area contributed by atoms with Gasteiger partial charge in [0.25, 0.3) is 0 Å². The van der Waals surface area contributed by atoms with Gasteiger partial charge in [0.15, 0.2) is 0 Å². The second-order valence-electron chi connectivity index (χ2n) is 7.65. The first-order valence-corrected chi connectivity index (χ1v) is 9.92. The summed E-state index contributed by atoms with van der Waals surface area (Å²) < 4.78 is 12.1. The summed E-state index contributed by atoms with van der Waals surface area (Å²) >= 11 is 0. The first-order chi connectivity index (χ1) is 14.2. The first kappa shape index (κ1) is 17.9. The summed E-state index contributed by atoms with van der Waals surface area (Å²) in [5, 5.41) is 0. The molecule has 0 saturated heterocycles. The van der Waals surface area contributed by atoms with Crippen LogP contribution in [0.3, 0.4) is 0 Å². The molecule has 0 fully saturated rings. The van der Waals surface area contributed by atoms with E-state index >= 15 is 0 Å². The Morgan fingerprint density at radius 3 is 2.31 bits per heavy atom. The molecule has 3 nitrogen and oxygen atoms in total. The van der Waals surface area contributed by atoms with Gasteiger partial charge in [-0.1, -0.05) is 84.9 Å². The standard InChI is InChI=1S/C26H22O3/c1-18(27)28-17-26-16-22(19-10-4-2-5-11-19)24(20-12-6-3-7-13-20)25(29-26)21-14-8-9-15-23(21)26/h2-16,24-25H,17H2,1H3/t24-,25+,26-/m0/s1. The Hall–Kier alpha value is -3.17. The summed E-state index contributed by atoms with van der Waals surface area (Å²) in [5.74, 6) is -0.239. The van der Waals surface area contributed by atoms with Crippen LogP contribution >= 0.6 is 0 Å². The van der Waals surface area contributed by atoms with Gasteiger partial charge in [-0.2, -0.15) is 0 Å². The molecule has 0 radical (unpaired) electrons. The van der Waals surface area contributed by atoms with E-state index in [0.717, 1.165) is 16.7 Å². The zero-order chi connectivity index (χ0) is 19.8. The molecule has 3 atom stereocenters. The second kappa shape index (κ2) is 7.02. The van der Waals surface area contributed by atoms with Crippen molar-refractivity contribution in [1.29, 1.82) is 0 Å². The molecule has 3 heteroatoms. The zero-order valence-corrected chi connectivity index (χ0v) is 16.2. The van der Waals surface area contributed by atoms with Crippen molar-refractivity contribution in [3.05, 3.63) is 113 Å². The highest BCUT2D eigenvalue weighted by Crippen LogP contribution is 2.58. The molecule has 0 saturated carbocycles. The van der Waals surface area contributed by atoms with Crippen LogP contribution < -0.4 is 0 Å². The van der Waals surface area contributed by atoms with Crippen LogP contribution in [0.4, 0.5) is 0 Å². The molecule has 0 spiro atoms. The van der Waals surface area contributed by atoms with Gasteiger partial charge in [0.1, 0.15) is 12.2 Å². The first-order valence-electron chi connectivity index (χ1n) is 9.92. The number of hydrogen-bond acceptors (Lipinski definition) is 3. The molecule has 0 aromatic heterocycles. The summed E-state index contributed by atoms with van der Waals surface area (Å²) in [7, 11) is 0. The maximum absolute atomic E-state index is 11.6. The fraction of sp³-hybridized carbons (Fsp3) is 0.192. The Bertz CT molecular complexity index is 1070. The monoisotopic (exact) mass is 382 g/mol. The molecular weight excluding hydrogens is 360 g/mol. The van der Waals surface area contributed by atoms with E-state index in [9.17, 15) is 4.79 Å². The Kier molecular flexibility index (Phi) is 4.33. The van der Waals surface area contributed by atoms with Crippen molar-refractivity contribution in [3.63, 3.8) is 0 Å². The maximum Gasteiger partial charge on any atom is 0.302 e. The quantitative estimate of drug-likeness (QED) is 0.567. The molecule has 2 bridgehead atoms. The van der Waals surface area contributed by atoms with E-state index in [1.165, 1.54) is 18.1 Å². The van der Waals surface area contributed by atoms with Crippen molar-refractivity contribution >= 4 is 11.5 Å². The smallest absolute Gasteiger partial charge is 0.302 e. The number of ether oxygens (including phenoxy) is 2. The summed E-state index contributed by atoms with van der Waals surface area (Å²) in [6, 6.07) is 29.2. The molecule has 0 N–H and O–H groups in total. The van der Waals surface area contributed by atoms with Crippen LogP contribution in [0.25, 0.3) is 5.57 Å². The Labute approximate surface area is 170 Å². The fourth-order valence-corrected chi connectivity index (χ4v) is 4.62. The minimum Gasteiger partial charge on any atom is -0.462 e. The minimum absolute atomic E-state index is 0.0627. The third-order valence-electron chi connectivity index (χ3n) is 5.84. The van der Waals surface area contributed by atoms with E-state index < -0.39 is 5.60 Å². The highest BCUT2D eigenvalue weighted by atomic mass is 16.6. The van der Waals surface area contributed by atoms with Crippen LogP contribution in [-0.4, -0.2) is 12.6 Å². The topological polar surface area (TPSA) is 35.5 Å². The van der Waals surface area contributed by atoms with E-state index in [0.29, 0.717) is 0 Å². The van der Waals surface area contributed by atoms with Crippen molar-refractivity contribution in [3.8, 4) is 0 Å². The molecule has 2 aliphatic heterocycles. The maximum atomic E-state index is 11.6. The van der Waals surface area contributed by atoms with Gasteiger partial charge in [0.2, 0.25) is 0 Å². The molecule has 3 aromatic carbocycles. The van der Waals surface area contributed by atoms with Gasteiger partial charge in [0.05, 0.1) is 6.10 Å². The highest BCUT2D eigenvalue weighted by Gasteiger charge is 2.52. The number of esters is 1. The third-order valence-corrected chi connectivity index (χ3v) is 5.84. The van der Waals surface area contributed by atoms with E-state index in [4.69, 9.17) is 9.47 Å². The van der Waals surface area contributed by atoms with Gasteiger partial charge in [0, 0.05) is 12.8 Å². The van der Waals surface area contributed by atoms with Crippen molar-refractivity contribution < 1.29 is 14.3 Å². The summed E-state index contributed by atoms with van der Waals surface area (Å²) in [5.41, 5.74) is 5.06. The zero-order valence-electron chi connectivity index (χ0n) is 16.2. The van der Waals surface area contributed by atoms with Crippen LogP contribution in [-0.2, 0) is 19.9 Å². The third kappa shape index (κ3) is 2.99. The lowest BCUT2D eigenvalue weighted by Gasteiger charge is -2.37. The molecule has 3 aromatic rings. The highest BCUT2D eigenvalue weighted by molar-refractivity contribution is 5.77. The molecule has 0 aliphatic carbocycles. The van der Waals surface area contributed by atoms with Crippen LogP contribution in [0.5, 0.6) is 0 Å². The Morgan fingerprint density at radius 1 is 0.931 bits per heavy atom. The normalized spacial score (nSPS) is 24.5. The Balaban J connectivity index is 1.73. The van der Waals surface area contributed by atoms with Gasteiger partial charge in [-0.3, -0.25) is 4.79 Å². The molecule has 29 heavy (non-hydrogen) atoms. The van der Waals surface area contributed by atoms with Gasteiger partial charge >= 0.3 is 5.97 Å². The average molecular weight is 382 g/mol. The minimum atomic E-state index is -0.761. The van der Waals surface area contributed by atoms with Crippen molar-refractivity contribution in [2.45, 2.75) is 24.5 Å². The summed E-state index contributed by atoms with van der Waals surface area (Å²) in [6.45, 7) is 1.61. The van der Waals surface area contributed by atoms with Crippen LogP contribution in [0, 0.1) is 0 Å². The molecule has 5 rings (SSSR count). The number of fused-ring (bicyclic) bond motifs is 5. The lowest BCUT2D eigenvalue weighted by Crippen LogP contribution is -2.34. The van der Waals surface area contributed by atoms with Crippen molar-refractivity contribution in [1.82, 2.24) is 0 Å². The van der Waals surface area contributed by atoms with E-state index in [2.05, 4.69) is 66.7 Å². The lowest BCUT2D eigenvalue weighted by atomic mass is 9.80. The van der Waals surface area contributed by atoms with E-state index in [1.54, 1.807) is 0 Å². The number of benzene rings is 3. The number of rotatable bonds is 4. The van der Waals surface area contributed by atoms with E-state index in [1.807, 2.05) is 24.3 Å². The fourth-order valence-electron chi connectivity index (χ4n) is 4.62. The lowest BCUT2D eigenvalue weighted by molar-refractivity contribution is -0.153. The van der Waals surface area contributed by atoms with Crippen LogP contribution in [0.15, 0.2) is 91.0 Å². The summed E-state index contributed by atoms with van der Waals surface area (Å²) in [6.07, 6.45) is 2.04. The van der Waals surface area contributed by atoms with Gasteiger partial charge < -0.3 is 9.47 Å². The molecular formula is C26H22O3. The SMILES string of the molecule is CC(=O)OC[C@]12C=C(c3ccccc3)[C@H](c3ccccc3)[C@H](O1)c1ccccc12. The molecule has 144 valence electrons. The van der Waals surface area contributed by atoms with Gasteiger partial charge in [-0.25, -0.2) is 0 Å². The number of hydrogen-bond donors (Lipinski definition) is 0. The van der Waals surface area contributed by atoms with Gasteiger partial charge in [-0.05, 0) is 33.9 Å². The predicted octanol–water partition coefficient (Wildman–Crippen LogP) is 5.40. The predicted molar refractivity (Wildman–Crippen MR) is 112 cm³/mol. The average Bonchev–Trinajstić information content (AvgIpc) is 3.03. The second-order valence-corrected chi connectivity index (χ2v) is 7.65. The molecule has 2 heterocycles. The Morgan fingerprint density at radius 2 is 1.59 bits per heavy atom.